The second-order valence-electron chi connectivity index (χ2n) is 4.09. The number of hydrazine groups is 1. The molecule has 106 valence electrons. The highest BCUT2D eigenvalue weighted by Gasteiger charge is 2.34. The SMILES string of the molecule is NNC(c1ccc(F)c(C(F)(F)F)c1)c1ccccn1. The molecule has 3 N–H and O–H groups in total. The van der Waals surface area contributed by atoms with Crippen LogP contribution >= 0.6 is 0 Å². The number of hydrogen-bond acceptors (Lipinski definition) is 3. The predicted molar refractivity (Wildman–Crippen MR) is 64.8 cm³/mol. The summed E-state index contributed by atoms with van der Waals surface area (Å²) in [6.07, 6.45) is -3.27. The molecule has 0 bridgehead atoms. The maximum Gasteiger partial charge on any atom is 0.419 e. The Morgan fingerprint density at radius 3 is 2.45 bits per heavy atom. The van der Waals surface area contributed by atoms with Crippen molar-refractivity contribution in [3.63, 3.8) is 0 Å². The third kappa shape index (κ3) is 2.94. The number of pyridine rings is 1. The van der Waals surface area contributed by atoms with Crippen molar-refractivity contribution in [2.24, 2.45) is 5.84 Å². The van der Waals surface area contributed by atoms with Crippen LogP contribution in [0.25, 0.3) is 0 Å². The van der Waals surface area contributed by atoms with Gasteiger partial charge in [-0.05, 0) is 29.8 Å². The van der Waals surface area contributed by atoms with Crippen LogP contribution in [-0.4, -0.2) is 4.98 Å². The van der Waals surface area contributed by atoms with E-state index in [2.05, 4.69) is 10.4 Å². The largest absolute Gasteiger partial charge is 0.419 e. The maximum atomic E-state index is 13.2. The second kappa shape index (κ2) is 5.56. The monoisotopic (exact) mass is 285 g/mol. The van der Waals surface area contributed by atoms with Crippen LogP contribution in [0, 0.1) is 5.82 Å². The van der Waals surface area contributed by atoms with Crippen LogP contribution in [0.4, 0.5) is 17.6 Å². The first-order valence-electron chi connectivity index (χ1n) is 5.67. The lowest BCUT2D eigenvalue weighted by molar-refractivity contribution is -0.140. The van der Waals surface area contributed by atoms with E-state index in [1.54, 1.807) is 18.2 Å². The standard InChI is InChI=1S/C13H11F4N3/c14-10-5-4-8(7-9(10)13(15,16)17)12(20-18)11-3-1-2-6-19-11/h1-7,12,20H,18H2. The lowest BCUT2D eigenvalue weighted by Gasteiger charge is -2.17. The quantitative estimate of drug-likeness (QED) is 0.518. The Morgan fingerprint density at radius 2 is 1.90 bits per heavy atom. The topological polar surface area (TPSA) is 50.9 Å². The van der Waals surface area contributed by atoms with Crippen molar-refractivity contribution in [3.05, 3.63) is 65.2 Å². The van der Waals surface area contributed by atoms with Crippen molar-refractivity contribution in [2.75, 3.05) is 0 Å². The van der Waals surface area contributed by atoms with E-state index in [0.717, 1.165) is 12.1 Å². The van der Waals surface area contributed by atoms with Crippen LogP contribution < -0.4 is 11.3 Å². The highest BCUT2D eigenvalue weighted by atomic mass is 19.4. The number of nitrogens with zero attached hydrogens (tertiary/aromatic N) is 1. The fourth-order valence-corrected chi connectivity index (χ4v) is 1.84. The van der Waals surface area contributed by atoms with Gasteiger partial charge in [0.05, 0.1) is 17.3 Å². The lowest BCUT2D eigenvalue weighted by Crippen LogP contribution is -2.29. The van der Waals surface area contributed by atoms with Crippen molar-refractivity contribution >= 4 is 0 Å². The summed E-state index contributed by atoms with van der Waals surface area (Å²) in [5.74, 6) is 4.05. The highest BCUT2D eigenvalue weighted by Crippen LogP contribution is 2.33. The zero-order valence-corrected chi connectivity index (χ0v) is 10.2. The van der Waals surface area contributed by atoms with Crippen molar-refractivity contribution in [2.45, 2.75) is 12.2 Å². The molecule has 0 aliphatic heterocycles. The molecule has 1 aromatic heterocycles. The number of alkyl halides is 3. The Labute approximate surface area is 112 Å². The van der Waals surface area contributed by atoms with E-state index >= 15 is 0 Å². The lowest BCUT2D eigenvalue weighted by atomic mass is 10.0. The molecule has 0 fully saturated rings. The zero-order chi connectivity index (χ0) is 14.8. The van der Waals surface area contributed by atoms with E-state index in [1.807, 2.05) is 0 Å². The van der Waals surface area contributed by atoms with E-state index < -0.39 is 23.6 Å². The van der Waals surface area contributed by atoms with Gasteiger partial charge in [-0.3, -0.25) is 10.8 Å². The van der Waals surface area contributed by atoms with Crippen LogP contribution in [0.3, 0.4) is 0 Å². The molecule has 2 rings (SSSR count). The van der Waals surface area contributed by atoms with E-state index in [-0.39, 0.29) is 5.56 Å². The fourth-order valence-electron chi connectivity index (χ4n) is 1.84. The third-order valence-corrected chi connectivity index (χ3v) is 2.78. The van der Waals surface area contributed by atoms with Gasteiger partial charge in [0.2, 0.25) is 0 Å². The third-order valence-electron chi connectivity index (χ3n) is 2.78. The molecule has 0 aliphatic rings. The molecule has 0 aliphatic carbocycles. The molecule has 3 nitrogen and oxygen atoms in total. The summed E-state index contributed by atoms with van der Waals surface area (Å²) in [5, 5.41) is 0. The first-order chi connectivity index (χ1) is 9.43. The minimum Gasteiger partial charge on any atom is -0.271 e. The summed E-state index contributed by atoms with van der Waals surface area (Å²) in [6.45, 7) is 0. The molecule has 0 radical (unpaired) electrons. The Balaban J connectivity index is 2.46. The zero-order valence-electron chi connectivity index (χ0n) is 10.2. The van der Waals surface area contributed by atoms with E-state index in [4.69, 9.17) is 5.84 Å². The molecule has 0 saturated heterocycles. The van der Waals surface area contributed by atoms with Gasteiger partial charge in [0, 0.05) is 6.20 Å². The van der Waals surface area contributed by atoms with Crippen LogP contribution in [-0.2, 0) is 6.18 Å². The molecule has 2 aromatic rings. The maximum absolute atomic E-state index is 13.2. The van der Waals surface area contributed by atoms with Crippen LogP contribution in [0.15, 0.2) is 42.6 Å². The Kier molecular flexibility index (Phi) is 4.01. The van der Waals surface area contributed by atoms with Gasteiger partial charge in [0.15, 0.2) is 0 Å². The van der Waals surface area contributed by atoms with Gasteiger partial charge in [-0.15, -0.1) is 0 Å². The molecule has 1 atom stereocenters. The smallest absolute Gasteiger partial charge is 0.271 e. The Bertz CT molecular complexity index is 584. The van der Waals surface area contributed by atoms with Crippen LogP contribution in [0.5, 0.6) is 0 Å². The second-order valence-corrected chi connectivity index (χ2v) is 4.09. The van der Waals surface area contributed by atoms with Gasteiger partial charge in [0.25, 0.3) is 0 Å². The van der Waals surface area contributed by atoms with E-state index in [0.29, 0.717) is 5.69 Å². The van der Waals surface area contributed by atoms with Crippen LogP contribution in [0.1, 0.15) is 22.9 Å². The van der Waals surface area contributed by atoms with Crippen molar-refractivity contribution in [3.8, 4) is 0 Å². The Hall–Kier alpha value is -1.99. The van der Waals surface area contributed by atoms with Crippen molar-refractivity contribution in [1.82, 2.24) is 10.4 Å². The number of nitrogens with two attached hydrogens (primary N) is 1. The highest BCUT2D eigenvalue weighted by molar-refractivity contribution is 5.33. The van der Waals surface area contributed by atoms with Crippen LogP contribution in [0.2, 0.25) is 0 Å². The number of nitrogens with one attached hydrogen (secondary N) is 1. The van der Waals surface area contributed by atoms with E-state index in [1.165, 1.54) is 12.3 Å². The Morgan fingerprint density at radius 1 is 1.15 bits per heavy atom. The van der Waals surface area contributed by atoms with E-state index in [9.17, 15) is 17.6 Å². The predicted octanol–water partition coefficient (Wildman–Crippen LogP) is 2.79. The first kappa shape index (κ1) is 14.4. The number of hydrogen-bond donors (Lipinski definition) is 2. The van der Waals surface area contributed by atoms with Crippen molar-refractivity contribution in [1.29, 1.82) is 0 Å². The summed E-state index contributed by atoms with van der Waals surface area (Å²) in [6, 6.07) is 6.95. The van der Waals surface area contributed by atoms with Gasteiger partial charge in [-0.25, -0.2) is 9.82 Å². The molecule has 0 amide bonds. The first-order valence-corrected chi connectivity index (χ1v) is 5.67. The molecular formula is C13H11F4N3. The average molecular weight is 285 g/mol. The number of rotatable bonds is 3. The summed E-state index contributed by atoms with van der Waals surface area (Å²) >= 11 is 0. The summed E-state index contributed by atoms with van der Waals surface area (Å²) < 4.78 is 51.3. The van der Waals surface area contributed by atoms with Gasteiger partial charge < -0.3 is 0 Å². The normalized spacial score (nSPS) is 13.2. The van der Waals surface area contributed by atoms with Gasteiger partial charge in [-0.2, -0.15) is 13.2 Å². The van der Waals surface area contributed by atoms with Gasteiger partial charge in [-0.1, -0.05) is 12.1 Å². The minimum atomic E-state index is -4.76. The van der Waals surface area contributed by atoms with Crippen molar-refractivity contribution < 1.29 is 17.6 Å². The molecule has 0 saturated carbocycles. The molecular weight excluding hydrogens is 274 g/mol. The van der Waals surface area contributed by atoms with Gasteiger partial charge in [0.1, 0.15) is 5.82 Å². The van der Waals surface area contributed by atoms with Gasteiger partial charge >= 0.3 is 6.18 Å². The molecule has 1 heterocycles. The molecule has 0 spiro atoms. The summed E-state index contributed by atoms with van der Waals surface area (Å²) in [5.41, 5.74) is 1.67. The molecule has 20 heavy (non-hydrogen) atoms. The number of benzene rings is 1. The minimum absolute atomic E-state index is 0.180. The number of halogens is 4. The average Bonchev–Trinajstić information content (AvgIpc) is 2.41. The fraction of sp³-hybridized carbons (Fsp3) is 0.154. The summed E-state index contributed by atoms with van der Waals surface area (Å²) in [4.78, 5) is 4.02. The molecule has 1 unspecified atom stereocenters. The molecule has 7 heteroatoms. The molecule has 1 aromatic carbocycles. The summed E-state index contributed by atoms with van der Waals surface area (Å²) in [7, 11) is 0. The number of aromatic nitrogens is 1.